The lowest BCUT2D eigenvalue weighted by molar-refractivity contribution is -0.138. The van der Waals surface area contributed by atoms with Gasteiger partial charge in [0, 0.05) is 16.7 Å². The van der Waals surface area contributed by atoms with Crippen LogP contribution in [0.1, 0.15) is 5.56 Å². The second-order valence-corrected chi connectivity index (χ2v) is 4.52. The first kappa shape index (κ1) is 13.7. The molecule has 1 N–H and O–H groups in total. The van der Waals surface area contributed by atoms with E-state index in [2.05, 4.69) is 20.9 Å². The fourth-order valence-corrected chi connectivity index (χ4v) is 1.70. The topological polar surface area (TPSA) is 42.4 Å². The number of aromatic nitrogens is 1. The van der Waals surface area contributed by atoms with E-state index in [1.165, 1.54) is 30.5 Å². The largest absolute Gasteiger partial charge is 0.508 e. The number of aromatic hydroxyl groups is 1. The van der Waals surface area contributed by atoms with Crippen LogP contribution in [-0.2, 0) is 6.18 Å². The lowest BCUT2D eigenvalue weighted by Crippen LogP contribution is -2.08. The summed E-state index contributed by atoms with van der Waals surface area (Å²) in [5.41, 5.74) is -0.995. The smallest absolute Gasteiger partial charge is 0.421 e. The number of nitrogens with zero attached hydrogens (tertiary/aromatic N) is 1. The van der Waals surface area contributed by atoms with E-state index in [0.717, 1.165) is 6.07 Å². The highest BCUT2D eigenvalue weighted by molar-refractivity contribution is 9.10. The number of phenolic OH excluding ortho intramolecular Hbond substituents is 1. The van der Waals surface area contributed by atoms with E-state index in [0.29, 0.717) is 0 Å². The summed E-state index contributed by atoms with van der Waals surface area (Å²) in [7, 11) is 0. The van der Waals surface area contributed by atoms with Crippen molar-refractivity contribution in [2.24, 2.45) is 0 Å². The molecule has 0 aliphatic heterocycles. The highest BCUT2D eigenvalue weighted by atomic mass is 79.9. The normalized spacial score (nSPS) is 11.4. The number of rotatable bonds is 2. The molecule has 100 valence electrons. The highest BCUT2D eigenvalue weighted by Crippen LogP contribution is 2.38. The minimum absolute atomic E-state index is 0.0697. The van der Waals surface area contributed by atoms with Crippen molar-refractivity contribution >= 4 is 15.9 Å². The molecule has 0 bridgehead atoms. The first-order valence-corrected chi connectivity index (χ1v) is 5.85. The van der Waals surface area contributed by atoms with E-state index in [-0.39, 0.29) is 16.0 Å². The number of hydrogen-bond acceptors (Lipinski definition) is 3. The quantitative estimate of drug-likeness (QED) is 0.887. The van der Waals surface area contributed by atoms with E-state index in [4.69, 9.17) is 4.74 Å². The van der Waals surface area contributed by atoms with Gasteiger partial charge in [-0.25, -0.2) is 4.98 Å². The fraction of sp³-hybridized carbons (Fsp3) is 0.0833. The summed E-state index contributed by atoms with van der Waals surface area (Å²) in [6, 6.07) is 6.34. The van der Waals surface area contributed by atoms with Crippen molar-refractivity contribution < 1.29 is 23.0 Å². The molecule has 0 unspecified atom stereocenters. The Morgan fingerprint density at radius 3 is 2.58 bits per heavy atom. The Kier molecular flexibility index (Phi) is 3.66. The van der Waals surface area contributed by atoms with Crippen LogP contribution >= 0.6 is 15.9 Å². The molecule has 1 aromatic carbocycles. The van der Waals surface area contributed by atoms with E-state index < -0.39 is 17.6 Å². The molecule has 0 amide bonds. The third-order valence-corrected chi connectivity index (χ3v) is 2.59. The monoisotopic (exact) mass is 333 g/mol. The van der Waals surface area contributed by atoms with Gasteiger partial charge in [0.05, 0.1) is 0 Å². The summed E-state index contributed by atoms with van der Waals surface area (Å²) in [4.78, 5) is 3.60. The summed E-state index contributed by atoms with van der Waals surface area (Å²) >= 11 is 2.93. The first-order chi connectivity index (χ1) is 8.86. The minimum Gasteiger partial charge on any atom is -0.508 e. The number of halogens is 4. The van der Waals surface area contributed by atoms with Gasteiger partial charge in [0.2, 0.25) is 5.88 Å². The Morgan fingerprint density at radius 1 is 1.21 bits per heavy atom. The van der Waals surface area contributed by atoms with Gasteiger partial charge >= 0.3 is 6.18 Å². The van der Waals surface area contributed by atoms with Crippen LogP contribution in [0.5, 0.6) is 17.4 Å². The molecule has 0 saturated carbocycles. The molecule has 0 aliphatic carbocycles. The molecule has 0 aliphatic rings. The molecule has 1 aromatic heterocycles. The SMILES string of the molecule is Oc1cccc(Oc2ncc(Br)cc2C(F)(F)F)c1. The van der Waals surface area contributed by atoms with E-state index in [1.807, 2.05) is 0 Å². The van der Waals surface area contributed by atoms with Crippen molar-refractivity contribution in [3.63, 3.8) is 0 Å². The molecule has 1 heterocycles. The highest BCUT2D eigenvalue weighted by Gasteiger charge is 2.35. The van der Waals surface area contributed by atoms with Gasteiger partial charge in [0.25, 0.3) is 0 Å². The third-order valence-electron chi connectivity index (χ3n) is 2.16. The van der Waals surface area contributed by atoms with E-state index in [9.17, 15) is 18.3 Å². The Labute approximate surface area is 114 Å². The molecule has 7 heteroatoms. The third kappa shape index (κ3) is 3.37. The van der Waals surface area contributed by atoms with Crippen molar-refractivity contribution in [3.05, 3.63) is 46.6 Å². The van der Waals surface area contributed by atoms with Gasteiger partial charge in [-0.1, -0.05) is 6.07 Å². The number of ether oxygens (including phenoxy) is 1. The zero-order valence-corrected chi connectivity index (χ0v) is 10.9. The summed E-state index contributed by atoms with van der Waals surface area (Å²) < 4.78 is 43.7. The van der Waals surface area contributed by atoms with Gasteiger partial charge in [-0.2, -0.15) is 13.2 Å². The van der Waals surface area contributed by atoms with Crippen LogP contribution in [0.2, 0.25) is 0 Å². The molecule has 0 saturated heterocycles. The predicted molar refractivity (Wildman–Crippen MR) is 65.1 cm³/mol. The van der Waals surface area contributed by atoms with Gasteiger partial charge < -0.3 is 9.84 Å². The number of pyridine rings is 1. The standard InChI is InChI=1S/C12H7BrF3NO2/c13-7-4-10(12(14,15)16)11(17-6-7)19-9-3-1-2-8(18)5-9/h1-6,18H. The fourth-order valence-electron chi connectivity index (χ4n) is 1.37. The van der Waals surface area contributed by atoms with Crippen LogP contribution in [0.4, 0.5) is 13.2 Å². The molecule has 0 atom stereocenters. The summed E-state index contributed by atoms with van der Waals surface area (Å²) in [6.45, 7) is 0. The summed E-state index contributed by atoms with van der Waals surface area (Å²) in [6.07, 6.45) is -3.38. The van der Waals surface area contributed by atoms with Gasteiger partial charge in [-0.05, 0) is 34.1 Å². The second kappa shape index (κ2) is 5.08. The van der Waals surface area contributed by atoms with Gasteiger partial charge in [-0.15, -0.1) is 0 Å². The van der Waals surface area contributed by atoms with Crippen LogP contribution in [0, 0.1) is 0 Å². The molecule has 19 heavy (non-hydrogen) atoms. The maximum Gasteiger partial charge on any atom is 0.421 e. The maximum atomic E-state index is 12.8. The summed E-state index contributed by atoms with van der Waals surface area (Å²) in [5.74, 6) is -0.607. The van der Waals surface area contributed by atoms with Crippen LogP contribution in [0.25, 0.3) is 0 Å². The number of alkyl halides is 3. The van der Waals surface area contributed by atoms with Crippen molar-refractivity contribution in [2.75, 3.05) is 0 Å². The Balaban J connectivity index is 2.40. The Bertz CT molecular complexity index is 602. The second-order valence-electron chi connectivity index (χ2n) is 3.60. The molecule has 3 nitrogen and oxygen atoms in total. The van der Waals surface area contributed by atoms with Crippen molar-refractivity contribution in [1.82, 2.24) is 4.98 Å². The molecular weight excluding hydrogens is 327 g/mol. The lowest BCUT2D eigenvalue weighted by Gasteiger charge is -2.12. The number of phenols is 1. The zero-order chi connectivity index (χ0) is 14.0. The van der Waals surface area contributed by atoms with Crippen molar-refractivity contribution in [2.45, 2.75) is 6.18 Å². The first-order valence-electron chi connectivity index (χ1n) is 5.06. The van der Waals surface area contributed by atoms with Gasteiger partial charge in [0.1, 0.15) is 17.1 Å². The Morgan fingerprint density at radius 2 is 1.95 bits per heavy atom. The average Bonchev–Trinajstić information content (AvgIpc) is 2.30. The van der Waals surface area contributed by atoms with Gasteiger partial charge in [-0.3, -0.25) is 0 Å². The lowest BCUT2D eigenvalue weighted by atomic mass is 10.2. The minimum atomic E-state index is -4.58. The molecule has 2 aromatic rings. The molecular formula is C12H7BrF3NO2. The zero-order valence-electron chi connectivity index (χ0n) is 9.28. The number of benzene rings is 1. The van der Waals surface area contributed by atoms with E-state index in [1.54, 1.807) is 0 Å². The molecule has 0 fully saturated rings. The van der Waals surface area contributed by atoms with Crippen LogP contribution in [-0.4, -0.2) is 10.1 Å². The maximum absolute atomic E-state index is 12.8. The molecule has 0 radical (unpaired) electrons. The van der Waals surface area contributed by atoms with E-state index >= 15 is 0 Å². The van der Waals surface area contributed by atoms with Crippen LogP contribution < -0.4 is 4.74 Å². The number of hydrogen-bond donors (Lipinski definition) is 1. The average molecular weight is 334 g/mol. The van der Waals surface area contributed by atoms with Gasteiger partial charge in [0.15, 0.2) is 0 Å². The molecule has 0 spiro atoms. The van der Waals surface area contributed by atoms with Crippen molar-refractivity contribution in [1.29, 1.82) is 0 Å². The molecule has 2 rings (SSSR count). The van der Waals surface area contributed by atoms with Crippen molar-refractivity contribution in [3.8, 4) is 17.4 Å². The van der Waals surface area contributed by atoms with Crippen LogP contribution in [0.3, 0.4) is 0 Å². The van der Waals surface area contributed by atoms with Crippen LogP contribution in [0.15, 0.2) is 41.0 Å². The summed E-state index contributed by atoms with van der Waals surface area (Å²) in [5, 5.41) is 9.23. The Hall–Kier alpha value is -1.76. The predicted octanol–water partition coefficient (Wildman–Crippen LogP) is 4.36.